The molecule has 0 radical (unpaired) electrons. The van der Waals surface area contributed by atoms with Gasteiger partial charge >= 0.3 is 0 Å². The van der Waals surface area contributed by atoms with E-state index in [-0.39, 0.29) is 11.8 Å². The molecule has 0 bridgehead atoms. The average molecular weight is 475 g/mol. The lowest BCUT2D eigenvalue weighted by atomic mass is 10.0. The van der Waals surface area contributed by atoms with E-state index >= 15 is 0 Å². The number of H-pyrrole nitrogens is 1. The highest BCUT2D eigenvalue weighted by atomic mass is 16.2. The highest BCUT2D eigenvalue weighted by molar-refractivity contribution is 6.04. The van der Waals surface area contributed by atoms with Crippen LogP contribution in [0.2, 0.25) is 0 Å². The SMILES string of the molecule is CC(C)c1ccc(C(=O)Nc2n[nH]c3c2CCCn2cc(C(=O)N4CCCN(C)CC4)cc2-3)cc1. The summed E-state index contributed by atoms with van der Waals surface area (Å²) < 4.78 is 2.14. The number of hydrogen-bond donors (Lipinski definition) is 2. The summed E-state index contributed by atoms with van der Waals surface area (Å²) in [5.74, 6) is 0.899. The van der Waals surface area contributed by atoms with Crippen molar-refractivity contribution in [2.75, 3.05) is 38.5 Å². The van der Waals surface area contributed by atoms with Crippen LogP contribution < -0.4 is 5.32 Å². The zero-order chi connectivity index (χ0) is 24.5. The number of benzene rings is 1. The number of anilines is 1. The Hall–Kier alpha value is -3.39. The Labute approximate surface area is 206 Å². The molecule has 184 valence electrons. The van der Waals surface area contributed by atoms with Gasteiger partial charge in [-0.25, -0.2) is 0 Å². The van der Waals surface area contributed by atoms with Gasteiger partial charge in [-0.2, -0.15) is 5.10 Å². The largest absolute Gasteiger partial charge is 0.345 e. The average Bonchev–Trinajstić information content (AvgIpc) is 3.32. The van der Waals surface area contributed by atoms with Crippen LogP contribution in [0.15, 0.2) is 36.5 Å². The van der Waals surface area contributed by atoms with Crippen molar-refractivity contribution in [2.24, 2.45) is 0 Å². The van der Waals surface area contributed by atoms with Crippen LogP contribution in [0.1, 0.15) is 64.4 Å². The Balaban J connectivity index is 1.37. The van der Waals surface area contributed by atoms with E-state index in [9.17, 15) is 9.59 Å². The third-order valence-electron chi connectivity index (χ3n) is 7.17. The summed E-state index contributed by atoms with van der Waals surface area (Å²) in [5.41, 5.74) is 5.34. The minimum Gasteiger partial charge on any atom is -0.345 e. The summed E-state index contributed by atoms with van der Waals surface area (Å²) >= 11 is 0. The van der Waals surface area contributed by atoms with E-state index in [1.54, 1.807) is 0 Å². The van der Waals surface area contributed by atoms with Gasteiger partial charge in [0.25, 0.3) is 11.8 Å². The van der Waals surface area contributed by atoms with Gasteiger partial charge < -0.3 is 19.7 Å². The summed E-state index contributed by atoms with van der Waals surface area (Å²) in [6, 6.07) is 9.69. The monoisotopic (exact) mass is 474 g/mol. The molecule has 2 aliphatic heterocycles. The molecule has 0 atom stereocenters. The summed E-state index contributed by atoms with van der Waals surface area (Å²) in [6.45, 7) is 8.53. The second-order valence-corrected chi connectivity index (χ2v) is 10.0. The van der Waals surface area contributed by atoms with Crippen LogP contribution in [0.25, 0.3) is 11.4 Å². The minimum atomic E-state index is -0.170. The number of rotatable bonds is 4. The number of fused-ring (bicyclic) bond motifs is 3. The maximum Gasteiger partial charge on any atom is 0.256 e. The number of aromatic nitrogens is 3. The highest BCUT2D eigenvalue weighted by Gasteiger charge is 2.26. The fourth-order valence-electron chi connectivity index (χ4n) is 5.00. The topological polar surface area (TPSA) is 86.3 Å². The van der Waals surface area contributed by atoms with E-state index in [0.717, 1.165) is 68.9 Å². The number of hydrogen-bond acceptors (Lipinski definition) is 4. The first-order valence-electron chi connectivity index (χ1n) is 12.6. The zero-order valence-corrected chi connectivity index (χ0v) is 20.8. The van der Waals surface area contributed by atoms with Crippen molar-refractivity contribution in [2.45, 2.75) is 45.6 Å². The molecule has 1 aromatic carbocycles. The van der Waals surface area contributed by atoms with E-state index in [2.05, 4.69) is 45.9 Å². The van der Waals surface area contributed by atoms with Gasteiger partial charge in [-0.3, -0.25) is 14.7 Å². The van der Waals surface area contributed by atoms with Gasteiger partial charge in [0.2, 0.25) is 0 Å². The molecule has 2 amide bonds. The molecule has 2 aromatic heterocycles. The van der Waals surface area contributed by atoms with E-state index < -0.39 is 0 Å². The van der Waals surface area contributed by atoms with Gasteiger partial charge in [-0.15, -0.1) is 0 Å². The van der Waals surface area contributed by atoms with Crippen LogP contribution in [-0.2, 0) is 13.0 Å². The molecule has 8 heteroatoms. The molecule has 1 saturated heterocycles. The third kappa shape index (κ3) is 4.75. The number of likely N-dealkylation sites (N-methyl/N-ethyl adjacent to an activating group) is 1. The number of nitrogens with one attached hydrogen (secondary N) is 2. The molecule has 5 rings (SSSR count). The van der Waals surface area contributed by atoms with Gasteiger partial charge in [0, 0.05) is 43.5 Å². The molecular weight excluding hydrogens is 440 g/mol. The van der Waals surface area contributed by atoms with E-state index in [0.29, 0.717) is 22.9 Å². The van der Waals surface area contributed by atoms with Crippen molar-refractivity contribution in [3.05, 3.63) is 58.8 Å². The summed E-state index contributed by atoms with van der Waals surface area (Å²) in [6.07, 6.45) is 4.67. The fourth-order valence-corrected chi connectivity index (χ4v) is 5.00. The Morgan fingerprint density at radius 1 is 1.00 bits per heavy atom. The van der Waals surface area contributed by atoms with Crippen molar-refractivity contribution < 1.29 is 9.59 Å². The first kappa shape index (κ1) is 23.4. The maximum atomic E-state index is 13.3. The minimum absolute atomic E-state index is 0.0836. The first-order valence-corrected chi connectivity index (χ1v) is 12.6. The molecule has 8 nitrogen and oxygen atoms in total. The standard InChI is InChI=1S/C27H34N6O2/c1-18(2)19-7-9-20(10-8-19)26(34)28-25-22-6-4-12-33-17-21(16-23(33)24(22)29-30-25)27(35)32-13-5-11-31(3)14-15-32/h7-10,16-18H,4-6,11-15H2,1-3H3,(H2,28,29,30,34). The molecule has 0 spiro atoms. The Bertz CT molecular complexity index is 1220. The predicted octanol–water partition coefficient (Wildman–Crippen LogP) is 3.98. The smallest absolute Gasteiger partial charge is 0.256 e. The van der Waals surface area contributed by atoms with Crippen molar-refractivity contribution in [3.63, 3.8) is 0 Å². The van der Waals surface area contributed by atoms with Gasteiger partial charge in [-0.1, -0.05) is 26.0 Å². The zero-order valence-electron chi connectivity index (χ0n) is 20.8. The van der Waals surface area contributed by atoms with Gasteiger partial charge in [0.05, 0.1) is 17.0 Å². The van der Waals surface area contributed by atoms with Crippen LogP contribution in [0, 0.1) is 0 Å². The molecular formula is C27H34N6O2. The van der Waals surface area contributed by atoms with Crippen molar-refractivity contribution in [1.82, 2.24) is 24.6 Å². The lowest BCUT2D eigenvalue weighted by molar-refractivity contribution is 0.0762. The Morgan fingerprint density at radius 3 is 2.57 bits per heavy atom. The summed E-state index contributed by atoms with van der Waals surface area (Å²) in [4.78, 5) is 30.4. The summed E-state index contributed by atoms with van der Waals surface area (Å²) in [7, 11) is 2.10. The molecule has 4 heterocycles. The fraction of sp³-hybridized carbons (Fsp3) is 0.444. The number of aromatic amines is 1. The van der Waals surface area contributed by atoms with E-state index in [4.69, 9.17) is 0 Å². The molecule has 2 aliphatic rings. The molecule has 1 fully saturated rings. The quantitative estimate of drug-likeness (QED) is 0.599. The second-order valence-electron chi connectivity index (χ2n) is 10.0. The predicted molar refractivity (Wildman–Crippen MR) is 137 cm³/mol. The van der Waals surface area contributed by atoms with Crippen LogP contribution in [0.5, 0.6) is 0 Å². The molecule has 35 heavy (non-hydrogen) atoms. The number of carbonyl (C=O) groups is 2. The van der Waals surface area contributed by atoms with Crippen LogP contribution in [-0.4, -0.2) is 69.6 Å². The number of aryl methyl sites for hydroxylation is 1. The van der Waals surface area contributed by atoms with Crippen LogP contribution in [0.4, 0.5) is 5.82 Å². The summed E-state index contributed by atoms with van der Waals surface area (Å²) in [5, 5.41) is 10.6. The van der Waals surface area contributed by atoms with Gasteiger partial charge in [0.15, 0.2) is 5.82 Å². The lowest BCUT2D eigenvalue weighted by Crippen LogP contribution is -2.34. The molecule has 0 saturated carbocycles. The van der Waals surface area contributed by atoms with Crippen LogP contribution in [0.3, 0.4) is 0 Å². The van der Waals surface area contributed by atoms with Crippen molar-refractivity contribution in [1.29, 1.82) is 0 Å². The maximum absolute atomic E-state index is 13.3. The number of carbonyl (C=O) groups excluding carboxylic acids is 2. The third-order valence-corrected chi connectivity index (χ3v) is 7.17. The van der Waals surface area contributed by atoms with Gasteiger partial charge in [0.1, 0.15) is 0 Å². The molecule has 0 unspecified atom stereocenters. The Kier molecular flexibility index (Phi) is 6.47. The highest BCUT2D eigenvalue weighted by Crippen LogP contribution is 2.33. The molecule has 0 aliphatic carbocycles. The van der Waals surface area contributed by atoms with Crippen LogP contribution >= 0.6 is 0 Å². The van der Waals surface area contributed by atoms with Crippen molar-refractivity contribution in [3.8, 4) is 11.4 Å². The molecule has 3 aromatic rings. The number of nitrogens with zero attached hydrogens (tertiary/aromatic N) is 4. The molecule has 2 N–H and O–H groups in total. The first-order chi connectivity index (χ1) is 16.9. The number of amides is 2. The van der Waals surface area contributed by atoms with E-state index in [1.807, 2.05) is 41.4 Å². The lowest BCUT2D eigenvalue weighted by Gasteiger charge is -2.19. The second kappa shape index (κ2) is 9.70. The Morgan fingerprint density at radius 2 is 1.80 bits per heavy atom. The van der Waals surface area contributed by atoms with E-state index in [1.165, 1.54) is 5.56 Å². The van der Waals surface area contributed by atoms with Gasteiger partial charge in [-0.05, 0) is 62.5 Å². The normalized spacial score (nSPS) is 16.4. The van der Waals surface area contributed by atoms with Crippen molar-refractivity contribution >= 4 is 17.6 Å².